The van der Waals surface area contributed by atoms with E-state index in [-0.39, 0.29) is 17.1 Å². The number of fused-ring (bicyclic) bond motifs is 1. The van der Waals surface area contributed by atoms with Crippen molar-refractivity contribution in [2.45, 2.75) is 13.8 Å². The summed E-state index contributed by atoms with van der Waals surface area (Å²) in [6.07, 6.45) is 3.40. The number of pyridine rings is 1. The molecule has 0 fully saturated rings. The van der Waals surface area contributed by atoms with Crippen LogP contribution in [-0.2, 0) is 0 Å². The fourth-order valence-corrected chi connectivity index (χ4v) is 3.94. The molecule has 5 N–H and O–H groups in total. The fraction of sp³-hybridized carbons (Fsp3) is 0.105. The van der Waals surface area contributed by atoms with Gasteiger partial charge in [0.25, 0.3) is 5.91 Å². The molecule has 0 spiro atoms. The second-order valence-corrected chi connectivity index (χ2v) is 7.16. The highest BCUT2D eigenvalue weighted by atomic mass is 32.1. The zero-order valence-electron chi connectivity index (χ0n) is 14.7. The van der Waals surface area contributed by atoms with Crippen LogP contribution in [-0.4, -0.2) is 25.5 Å². The molecule has 136 valence electrons. The average molecular weight is 379 g/mol. The molecular weight excluding hydrogens is 362 g/mol. The van der Waals surface area contributed by atoms with Gasteiger partial charge in [-0.3, -0.25) is 9.36 Å². The Hall–Kier alpha value is -3.39. The first-order valence-corrected chi connectivity index (χ1v) is 9.07. The minimum Gasteiger partial charge on any atom is -0.508 e. The number of rotatable bonds is 3. The molecule has 0 radical (unpaired) electrons. The molecule has 1 aromatic carbocycles. The van der Waals surface area contributed by atoms with E-state index in [1.165, 1.54) is 11.3 Å². The second kappa shape index (κ2) is 6.10. The van der Waals surface area contributed by atoms with Crippen LogP contribution in [0.3, 0.4) is 0 Å². The molecule has 3 heterocycles. The van der Waals surface area contributed by atoms with Crippen molar-refractivity contribution in [2.75, 3.05) is 5.73 Å². The number of aromatic nitrogens is 3. The highest BCUT2D eigenvalue weighted by molar-refractivity contribution is 7.13. The Kier molecular flexibility index (Phi) is 3.85. The number of benzene rings is 1. The quantitative estimate of drug-likeness (QED) is 0.505. The van der Waals surface area contributed by atoms with Crippen molar-refractivity contribution in [1.29, 1.82) is 0 Å². The smallest absolute Gasteiger partial charge is 0.253 e. The number of carbonyl (C=O) groups is 1. The summed E-state index contributed by atoms with van der Waals surface area (Å²) in [5.74, 6) is -0.306. The van der Waals surface area contributed by atoms with Crippen LogP contribution in [0.2, 0.25) is 0 Å². The van der Waals surface area contributed by atoms with E-state index in [2.05, 4.69) is 9.97 Å². The molecule has 8 heteroatoms. The van der Waals surface area contributed by atoms with E-state index in [9.17, 15) is 9.90 Å². The molecule has 0 unspecified atom stereocenters. The van der Waals surface area contributed by atoms with Gasteiger partial charge in [0.05, 0.1) is 11.3 Å². The molecule has 0 aliphatic carbocycles. The summed E-state index contributed by atoms with van der Waals surface area (Å²) >= 11 is 1.47. The van der Waals surface area contributed by atoms with Gasteiger partial charge in [-0.15, -0.1) is 11.3 Å². The number of nitrogen functional groups attached to an aromatic ring is 1. The highest BCUT2D eigenvalue weighted by Crippen LogP contribution is 2.37. The van der Waals surface area contributed by atoms with Crippen molar-refractivity contribution >= 4 is 34.1 Å². The lowest BCUT2D eigenvalue weighted by Crippen LogP contribution is -2.14. The van der Waals surface area contributed by atoms with Gasteiger partial charge in [-0.2, -0.15) is 0 Å². The van der Waals surface area contributed by atoms with E-state index in [1.54, 1.807) is 36.0 Å². The summed E-state index contributed by atoms with van der Waals surface area (Å²) in [6.45, 7) is 3.69. The summed E-state index contributed by atoms with van der Waals surface area (Å²) < 4.78 is 1.67. The number of primary amides is 1. The molecule has 1 amide bonds. The number of phenolic OH excluding ortho intramolecular Hbond substituents is 1. The normalized spacial score (nSPS) is 11.2. The van der Waals surface area contributed by atoms with Gasteiger partial charge in [-0.05, 0) is 31.5 Å². The van der Waals surface area contributed by atoms with Crippen LogP contribution in [0.25, 0.3) is 27.3 Å². The first kappa shape index (κ1) is 17.0. The molecule has 4 rings (SSSR count). The summed E-state index contributed by atoms with van der Waals surface area (Å²) in [7, 11) is 0. The van der Waals surface area contributed by atoms with Crippen LogP contribution >= 0.6 is 11.3 Å². The van der Waals surface area contributed by atoms with E-state index in [0.717, 1.165) is 16.1 Å². The van der Waals surface area contributed by atoms with Crippen molar-refractivity contribution in [3.8, 4) is 22.0 Å². The number of anilines is 1. The number of hydrogen-bond acceptors (Lipinski definition) is 6. The van der Waals surface area contributed by atoms with Crippen molar-refractivity contribution < 1.29 is 9.90 Å². The van der Waals surface area contributed by atoms with Crippen LogP contribution in [0.5, 0.6) is 5.75 Å². The van der Waals surface area contributed by atoms with E-state index >= 15 is 0 Å². The number of aromatic hydroxyl groups is 1. The van der Waals surface area contributed by atoms with E-state index in [0.29, 0.717) is 22.3 Å². The predicted molar refractivity (Wildman–Crippen MR) is 106 cm³/mol. The predicted octanol–water partition coefficient (Wildman–Crippen LogP) is 3.15. The lowest BCUT2D eigenvalue weighted by Gasteiger charge is -2.15. The third kappa shape index (κ3) is 2.53. The van der Waals surface area contributed by atoms with Crippen LogP contribution in [0.4, 0.5) is 5.82 Å². The minimum atomic E-state index is -0.634. The maximum absolute atomic E-state index is 12.2. The number of thiazole rings is 1. The average Bonchev–Trinajstić information content (AvgIpc) is 3.25. The summed E-state index contributed by atoms with van der Waals surface area (Å²) in [4.78, 5) is 21.0. The Balaban J connectivity index is 2.10. The summed E-state index contributed by atoms with van der Waals surface area (Å²) in [5.41, 5.74) is 15.6. The molecule has 7 nitrogen and oxygen atoms in total. The first-order valence-electron chi connectivity index (χ1n) is 8.19. The van der Waals surface area contributed by atoms with Gasteiger partial charge in [-0.1, -0.05) is 6.07 Å². The number of nitrogens with zero attached hydrogens (tertiary/aromatic N) is 3. The maximum atomic E-state index is 12.2. The van der Waals surface area contributed by atoms with Gasteiger partial charge in [0.1, 0.15) is 22.2 Å². The fourth-order valence-electron chi connectivity index (χ4n) is 3.32. The van der Waals surface area contributed by atoms with Crippen molar-refractivity contribution in [1.82, 2.24) is 14.5 Å². The van der Waals surface area contributed by atoms with Crippen molar-refractivity contribution in [3.05, 3.63) is 52.7 Å². The van der Waals surface area contributed by atoms with E-state index < -0.39 is 5.91 Å². The number of phenols is 1. The Bertz CT molecular complexity index is 1200. The monoisotopic (exact) mass is 379 g/mol. The Morgan fingerprint density at radius 3 is 2.70 bits per heavy atom. The zero-order valence-corrected chi connectivity index (χ0v) is 15.5. The molecular formula is C19H17N5O2S. The third-order valence-corrected chi connectivity index (χ3v) is 5.42. The number of nitrogens with two attached hydrogens (primary N) is 2. The maximum Gasteiger partial charge on any atom is 0.253 e. The van der Waals surface area contributed by atoms with E-state index in [4.69, 9.17) is 11.5 Å². The summed E-state index contributed by atoms with van der Waals surface area (Å²) in [5, 5.41) is 13.4. The molecule has 27 heavy (non-hydrogen) atoms. The van der Waals surface area contributed by atoms with Crippen LogP contribution in [0, 0.1) is 13.8 Å². The molecule has 0 saturated heterocycles. The molecule has 0 aliphatic heterocycles. The van der Waals surface area contributed by atoms with Crippen LogP contribution in [0.15, 0.2) is 36.0 Å². The largest absolute Gasteiger partial charge is 0.508 e. The molecule has 0 bridgehead atoms. The van der Waals surface area contributed by atoms with Crippen molar-refractivity contribution in [3.63, 3.8) is 0 Å². The van der Waals surface area contributed by atoms with E-state index in [1.807, 2.05) is 18.4 Å². The molecule has 0 aliphatic rings. The zero-order chi connectivity index (χ0) is 19.3. The van der Waals surface area contributed by atoms with Crippen LogP contribution in [0.1, 0.15) is 21.5 Å². The molecule has 0 atom stereocenters. The third-order valence-electron chi connectivity index (χ3n) is 4.60. The second-order valence-electron chi connectivity index (χ2n) is 6.27. The van der Waals surface area contributed by atoms with Gasteiger partial charge in [0, 0.05) is 34.3 Å². The Labute approximate surface area is 158 Å². The number of hydrogen-bond donors (Lipinski definition) is 3. The Morgan fingerprint density at radius 1 is 1.26 bits per heavy atom. The van der Waals surface area contributed by atoms with Gasteiger partial charge < -0.3 is 16.6 Å². The standard InChI is InChI=1S/C19H17N5O2S/c1-9-3-4-13(25)10(2)15(9)24-16(20)14(17(21)26)12-7-11(8-23-18(12)24)19-22-5-6-27-19/h3-8,25H,20H2,1-2H3,(H2,21,26). The lowest BCUT2D eigenvalue weighted by molar-refractivity contribution is 0.100. The van der Waals surface area contributed by atoms with Gasteiger partial charge >= 0.3 is 0 Å². The lowest BCUT2D eigenvalue weighted by atomic mass is 10.1. The highest BCUT2D eigenvalue weighted by Gasteiger charge is 2.24. The summed E-state index contributed by atoms with van der Waals surface area (Å²) in [6, 6.07) is 5.23. The van der Waals surface area contributed by atoms with Crippen LogP contribution < -0.4 is 11.5 Å². The molecule has 3 aromatic heterocycles. The number of aryl methyl sites for hydroxylation is 1. The topological polar surface area (TPSA) is 120 Å². The molecule has 0 saturated carbocycles. The molecule has 4 aromatic rings. The SMILES string of the molecule is Cc1ccc(O)c(C)c1-n1c(N)c(C(N)=O)c2cc(-c3nccs3)cnc21. The minimum absolute atomic E-state index is 0.136. The Morgan fingerprint density at radius 2 is 2.04 bits per heavy atom. The number of amides is 1. The van der Waals surface area contributed by atoms with Gasteiger partial charge in [-0.25, -0.2) is 9.97 Å². The van der Waals surface area contributed by atoms with Crippen molar-refractivity contribution in [2.24, 2.45) is 5.73 Å². The first-order chi connectivity index (χ1) is 12.9. The number of carbonyl (C=O) groups excluding carboxylic acids is 1. The van der Waals surface area contributed by atoms with Gasteiger partial charge in [0.2, 0.25) is 0 Å². The van der Waals surface area contributed by atoms with Gasteiger partial charge in [0.15, 0.2) is 0 Å².